The lowest BCUT2D eigenvalue weighted by molar-refractivity contribution is -0.118. The number of Topliss-reactive ketones (excluding diaryl/α,β-unsaturated/α-hetero) is 3. The van der Waals surface area contributed by atoms with Gasteiger partial charge in [-0.3, -0.25) is 14.4 Å². The quantitative estimate of drug-likeness (QED) is 0.455. The van der Waals surface area contributed by atoms with Crippen LogP contribution in [0.2, 0.25) is 5.02 Å². The molecule has 0 saturated carbocycles. The van der Waals surface area contributed by atoms with E-state index >= 15 is 0 Å². The number of fused-ring (bicyclic) bond motifs is 5. The summed E-state index contributed by atoms with van der Waals surface area (Å²) in [6.07, 6.45) is 3.91. The molecule has 0 unspecified atom stereocenters. The van der Waals surface area contributed by atoms with Crippen LogP contribution in [0.4, 0.5) is 5.69 Å². The monoisotopic (exact) mass is 467 g/mol. The average molecular weight is 468 g/mol. The minimum atomic E-state index is -1.44. The number of ketones is 3. The Balaban J connectivity index is 1.69. The van der Waals surface area contributed by atoms with Crippen LogP contribution in [0.5, 0.6) is 0 Å². The van der Waals surface area contributed by atoms with E-state index in [9.17, 15) is 14.4 Å². The topological polar surface area (TPSA) is 54.5 Å². The number of halogens is 1. The fraction of sp³-hybridized carbons (Fsp3) is 0.207. The van der Waals surface area contributed by atoms with Crippen molar-refractivity contribution in [3.8, 4) is 0 Å². The van der Waals surface area contributed by atoms with Crippen LogP contribution >= 0.6 is 11.6 Å². The zero-order valence-electron chi connectivity index (χ0n) is 18.8. The molecule has 5 heteroatoms. The van der Waals surface area contributed by atoms with Gasteiger partial charge in [-0.25, -0.2) is 0 Å². The number of aryl methyl sites for hydroxylation is 1. The van der Waals surface area contributed by atoms with Crippen LogP contribution < -0.4 is 4.90 Å². The number of hydrogen-bond acceptors (Lipinski definition) is 4. The highest BCUT2D eigenvalue weighted by Gasteiger charge is 2.71. The number of hydrogen-bond donors (Lipinski definition) is 0. The van der Waals surface area contributed by atoms with Crippen LogP contribution in [0.3, 0.4) is 0 Å². The molecule has 6 rings (SSSR count). The van der Waals surface area contributed by atoms with Crippen molar-refractivity contribution in [2.45, 2.75) is 31.8 Å². The molecule has 3 aliphatic rings. The Morgan fingerprint density at radius 2 is 1.59 bits per heavy atom. The van der Waals surface area contributed by atoms with E-state index < -0.39 is 23.4 Å². The molecule has 2 aliphatic heterocycles. The molecule has 4 nitrogen and oxygen atoms in total. The Kier molecular flexibility index (Phi) is 4.49. The van der Waals surface area contributed by atoms with E-state index in [2.05, 4.69) is 0 Å². The van der Waals surface area contributed by atoms with Crippen molar-refractivity contribution in [3.05, 3.63) is 106 Å². The van der Waals surface area contributed by atoms with Gasteiger partial charge in [-0.1, -0.05) is 72.3 Å². The standard InChI is InChI=1S/C29H22ClNO3/c1-16-7-8-18-11-14-24-29(27(33)21-5-3-4-6-22(21)28(29)34)25(19-9-12-20(30)13-10-19)26(17(2)32)31(24)23(18)15-16/h3-15,24-26H,1-2H3/t24-,25-,26-/m0/s1. The van der Waals surface area contributed by atoms with Gasteiger partial charge in [0.05, 0.1) is 12.1 Å². The summed E-state index contributed by atoms with van der Waals surface area (Å²) in [4.78, 5) is 43.9. The molecule has 3 atom stereocenters. The average Bonchev–Trinajstić information content (AvgIpc) is 3.27. The number of carbonyl (C=O) groups is 3. The summed E-state index contributed by atoms with van der Waals surface area (Å²) in [5.41, 5.74) is 3.07. The van der Waals surface area contributed by atoms with Crippen molar-refractivity contribution in [2.75, 3.05) is 4.90 Å². The third kappa shape index (κ3) is 2.57. The summed E-state index contributed by atoms with van der Waals surface area (Å²) in [5, 5.41) is 0.557. The third-order valence-corrected chi connectivity index (χ3v) is 7.86. The molecule has 1 spiro atoms. The Labute approximate surface area is 202 Å². The predicted octanol–water partition coefficient (Wildman–Crippen LogP) is 5.67. The fourth-order valence-electron chi connectivity index (χ4n) is 6.27. The SMILES string of the molecule is CC(=O)[C@H]1[C@H](c2ccc(Cl)cc2)C2(C(=O)c3ccccc3C2=O)[C@@H]2C=Cc3ccc(C)cc3N21. The molecule has 0 radical (unpaired) electrons. The summed E-state index contributed by atoms with van der Waals surface area (Å²) in [6.45, 7) is 3.55. The van der Waals surface area contributed by atoms with E-state index in [0.717, 1.165) is 22.4 Å². The summed E-state index contributed by atoms with van der Waals surface area (Å²) in [7, 11) is 0. The first-order chi connectivity index (χ1) is 16.4. The maximum atomic E-state index is 14.3. The zero-order chi connectivity index (χ0) is 23.8. The Hall–Kier alpha value is -3.50. The highest BCUT2D eigenvalue weighted by Crippen LogP contribution is 2.60. The molecule has 3 aromatic rings. The number of benzene rings is 3. The first-order valence-corrected chi connectivity index (χ1v) is 11.7. The lowest BCUT2D eigenvalue weighted by Crippen LogP contribution is -2.48. The Morgan fingerprint density at radius 1 is 0.941 bits per heavy atom. The van der Waals surface area contributed by atoms with Crippen LogP contribution in [0, 0.1) is 12.3 Å². The molecule has 34 heavy (non-hydrogen) atoms. The predicted molar refractivity (Wildman–Crippen MR) is 133 cm³/mol. The van der Waals surface area contributed by atoms with E-state index in [4.69, 9.17) is 11.6 Å². The Bertz CT molecular complexity index is 1390. The fourth-order valence-corrected chi connectivity index (χ4v) is 6.39. The smallest absolute Gasteiger partial charge is 0.180 e. The number of carbonyl (C=O) groups excluding carboxylic acids is 3. The number of anilines is 1. The lowest BCUT2D eigenvalue weighted by Gasteiger charge is -2.37. The van der Waals surface area contributed by atoms with Crippen molar-refractivity contribution in [1.29, 1.82) is 0 Å². The van der Waals surface area contributed by atoms with Crippen molar-refractivity contribution in [3.63, 3.8) is 0 Å². The van der Waals surface area contributed by atoms with Crippen molar-refractivity contribution in [2.24, 2.45) is 5.41 Å². The summed E-state index contributed by atoms with van der Waals surface area (Å²) < 4.78 is 0. The van der Waals surface area contributed by atoms with Gasteiger partial charge in [0.1, 0.15) is 5.41 Å². The number of rotatable bonds is 2. The molecular formula is C29H22ClNO3. The largest absolute Gasteiger partial charge is 0.352 e. The summed E-state index contributed by atoms with van der Waals surface area (Å²) in [6, 6.07) is 19.0. The highest BCUT2D eigenvalue weighted by atomic mass is 35.5. The van der Waals surface area contributed by atoms with Gasteiger partial charge in [0, 0.05) is 27.8 Å². The highest BCUT2D eigenvalue weighted by molar-refractivity contribution is 6.32. The van der Waals surface area contributed by atoms with E-state index in [0.29, 0.717) is 16.1 Å². The molecule has 2 heterocycles. The van der Waals surface area contributed by atoms with Crippen LogP contribution in [0.25, 0.3) is 6.08 Å². The van der Waals surface area contributed by atoms with Crippen molar-refractivity contribution < 1.29 is 14.4 Å². The second-order valence-electron chi connectivity index (χ2n) is 9.43. The summed E-state index contributed by atoms with van der Waals surface area (Å²) in [5.74, 6) is -1.17. The van der Waals surface area contributed by atoms with E-state index in [1.165, 1.54) is 0 Å². The maximum Gasteiger partial charge on any atom is 0.180 e. The first kappa shape index (κ1) is 21.1. The van der Waals surface area contributed by atoms with Crippen LogP contribution in [-0.2, 0) is 4.79 Å². The van der Waals surface area contributed by atoms with Gasteiger partial charge in [0.2, 0.25) is 0 Å². The minimum Gasteiger partial charge on any atom is -0.352 e. The van der Waals surface area contributed by atoms with Gasteiger partial charge in [-0.15, -0.1) is 0 Å². The molecule has 0 amide bonds. The molecule has 1 fully saturated rings. The first-order valence-electron chi connectivity index (χ1n) is 11.4. The van der Waals surface area contributed by atoms with Gasteiger partial charge in [-0.2, -0.15) is 0 Å². The number of nitrogens with zero attached hydrogens (tertiary/aromatic N) is 1. The molecule has 0 aromatic heterocycles. The molecule has 0 N–H and O–H groups in total. The van der Waals surface area contributed by atoms with Crippen molar-refractivity contribution >= 4 is 40.7 Å². The van der Waals surface area contributed by atoms with Gasteiger partial charge < -0.3 is 4.90 Å². The maximum absolute atomic E-state index is 14.3. The van der Waals surface area contributed by atoms with Gasteiger partial charge in [0.25, 0.3) is 0 Å². The second-order valence-corrected chi connectivity index (χ2v) is 9.87. The van der Waals surface area contributed by atoms with Gasteiger partial charge in [0.15, 0.2) is 17.3 Å². The van der Waals surface area contributed by atoms with E-state index in [1.807, 2.05) is 54.3 Å². The second kappa shape index (κ2) is 7.25. The molecule has 0 bridgehead atoms. The summed E-state index contributed by atoms with van der Waals surface area (Å²) >= 11 is 6.18. The third-order valence-electron chi connectivity index (χ3n) is 7.61. The van der Waals surface area contributed by atoms with Gasteiger partial charge in [-0.05, 0) is 48.7 Å². The van der Waals surface area contributed by atoms with E-state index in [-0.39, 0.29) is 17.3 Å². The van der Waals surface area contributed by atoms with Crippen LogP contribution in [0.15, 0.2) is 72.8 Å². The van der Waals surface area contributed by atoms with Gasteiger partial charge >= 0.3 is 0 Å². The van der Waals surface area contributed by atoms with Crippen molar-refractivity contribution in [1.82, 2.24) is 0 Å². The normalized spacial score (nSPS) is 23.7. The molecule has 1 aliphatic carbocycles. The lowest BCUT2D eigenvalue weighted by atomic mass is 9.64. The molecule has 168 valence electrons. The molecule has 1 saturated heterocycles. The van der Waals surface area contributed by atoms with Crippen LogP contribution in [0.1, 0.15) is 50.2 Å². The Morgan fingerprint density at radius 3 is 2.21 bits per heavy atom. The molecule has 3 aromatic carbocycles. The minimum absolute atomic E-state index is 0.0823. The van der Waals surface area contributed by atoms with Crippen LogP contribution in [-0.4, -0.2) is 29.4 Å². The molecular weight excluding hydrogens is 446 g/mol. The zero-order valence-corrected chi connectivity index (χ0v) is 19.5. The van der Waals surface area contributed by atoms with E-state index in [1.54, 1.807) is 43.3 Å².